The summed E-state index contributed by atoms with van der Waals surface area (Å²) in [5.74, 6) is -1.63. The Hall–Kier alpha value is -1.53. The SMILES string of the molecule is CC(NC(=O)N(C)CCC(=O)O)c1c(Cl)ccc(F)c1Cl. The van der Waals surface area contributed by atoms with E-state index in [9.17, 15) is 14.0 Å². The standard InChI is InChI=1S/C13H15Cl2FN2O3/c1-7(11-8(14)3-4-9(16)12(11)15)17-13(21)18(2)6-5-10(19)20/h3-4,7H,5-6H2,1-2H3,(H,17,21)(H,19,20). The third-order valence-electron chi connectivity index (χ3n) is 2.86. The van der Waals surface area contributed by atoms with Crippen molar-refractivity contribution in [2.24, 2.45) is 0 Å². The Morgan fingerprint density at radius 1 is 1.43 bits per heavy atom. The maximum atomic E-state index is 13.4. The molecule has 0 aliphatic rings. The third-order valence-corrected chi connectivity index (χ3v) is 3.57. The van der Waals surface area contributed by atoms with Crippen molar-refractivity contribution < 1.29 is 19.1 Å². The topological polar surface area (TPSA) is 69.6 Å². The number of carboxylic acids is 1. The highest BCUT2D eigenvalue weighted by Crippen LogP contribution is 2.32. The maximum absolute atomic E-state index is 13.4. The van der Waals surface area contributed by atoms with Crippen LogP contribution in [0.15, 0.2) is 12.1 Å². The molecule has 0 aromatic heterocycles. The molecule has 0 spiro atoms. The van der Waals surface area contributed by atoms with Gasteiger partial charge in [-0.3, -0.25) is 4.79 Å². The van der Waals surface area contributed by atoms with Crippen LogP contribution in [0.25, 0.3) is 0 Å². The Morgan fingerprint density at radius 3 is 2.62 bits per heavy atom. The number of hydrogen-bond acceptors (Lipinski definition) is 2. The molecule has 1 aromatic carbocycles. The van der Waals surface area contributed by atoms with Gasteiger partial charge in [0.05, 0.1) is 17.5 Å². The number of carboxylic acid groups (broad SMARTS) is 1. The molecule has 116 valence electrons. The number of nitrogens with one attached hydrogen (secondary N) is 1. The van der Waals surface area contributed by atoms with Crippen LogP contribution in [0.3, 0.4) is 0 Å². The van der Waals surface area contributed by atoms with E-state index in [0.717, 1.165) is 6.07 Å². The highest BCUT2D eigenvalue weighted by atomic mass is 35.5. The van der Waals surface area contributed by atoms with Crippen LogP contribution < -0.4 is 5.32 Å². The average molecular weight is 337 g/mol. The summed E-state index contributed by atoms with van der Waals surface area (Å²) in [4.78, 5) is 23.6. The molecule has 0 aliphatic heterocycles. The molecule has 0 bridgehead atoms. The van der Waals surface area contributed by atoms with E-state index < -0.39 is 23.9 Å². The summed E-state index contributed by atoms with van der Waals surface area (Å²) in [6.07, 6.45) is -0.167. The van der Waals surface area contributed by atoms with Crippen LogP contribution in [0.4, 0.5) is 9.18 Å². The Labute approximate surface area is 131 Å². The molecule has 8 heteroatoms. The van der Waals surface area contributed by atoms with Crippen molar-refractivity contribution in [3.05, 3.63) is 33.6 Å². The van der Waals surface area contributed by atoms with E-state index in [1.165, 1.54) is 18.0 Å². The zero-order valence-electron chi connectivity index (χ0n) is 11.5. The summed E-state index contributed by atoms with van der Waals surface area (Å²) in [6, 6.07) is 1.37. The highest BCUT2D eigenvalue weighted by Gasteiger charge is 2.20. The zero-order valence-corrected chi connectivity index (χ0v) is 13.0. The minimum Gasteiger partial charge on any atom is -0.481 e. The van der Waals surface area contributed by atoms with Crippen LogP contribution in [0.1, 0.15) is 24.9 Å². The number of nitrogens with zero attached hydrogens (tertiary/aromatic N) is 1. The Morgan fingerprint density at radius 2 is 2.05 bits per heavy atom. The fourth-order valence-corrected chi connectivity index (χ4v) is 2.37. The van der Waals surface area contributed by atoms with Gasteiger partial charge in [0.2, 0.25) is 0 Å². The van der Waals surface area contributed by atoms with Crippen molar-refractivity contribution in [1.29, 1.82) is 0 Å². The van der Waals surface area contributed by atoms with Crippen LogP contribution in [0.5, 0.6) is 0 Å². The molecule has 5 nitrogen and oxygen atoms in total. The van der Waals surface area contributed by atoms with Gasteiger partial charge in [-0.25, -0.2) is 9.18 Å². The van der Waals surface area contributed by atoms with Crippen molar-refractivity contribution in [3.8, 4) is 0 Å². The molecule has 0 radical (unpaired) electrons. The highest BCUT2D eigenvalue weighted by molar-refractivity contribution is 6.36. The van der Waals surface area contributed by atoms with E-state index in [2.05, 4.69) is 5.32 Å². The molecule has 1 unspecified atom stereocenters. The number of amides is 2. The molecule has 0 saturated heterocycles. The number of benzene rings is 1. The lowest BCUT2D eigenvalue weighted by Crippen LogP contribution is -2.39. The Bertz CT molecular complexity index is 554. The van der Waals surface area contributed by atoms with E-state index in [1.54, 1.807) is 6.92 Å². The van der Waals surface area contributed by atoms with E-state index in [-0.39, 0.29) is 28.6 Å². The first-order valence-corrected chi connectivity index (χ1v) is 6.86. The molecule has 0 heterocycles. The van der Waals surface area contributed by atoms with Gasteiger partial charge in [-0.2, -0.15) is 0 Å². The predicted molar refractivity (Wildman–Crippen MR) is 78.2 cm³/mol. The molecule has 2 N–H and O–H groups in total. The van der Waals surface area contributed by atoms with E-state index in [1.807, 2.05) is 0 Å². The molecule has 1 atom stereocenters. The van der Waals surface area contributed by atoms with Crippen molar-refractivity contribution in [2.75, 3.05) is 13.6 Å². The van der Waals surface area contributed by atoms with Gasteiger partial charge in [0, 0.05) is 24.2 Å². The fraction of sp³-hybridized carbons (Fsp3) is 0.385. The lowest BCUT2D eigenvalue weighted by Gasteiger charge is -2.22. The number of carbonyl (C=O) groups excluding carboxylic acids is 1. The molecule has 1 rings (SSSR count). The molecule has 0 saturated carbocycles. The van der Waals surface area contributed by atoms with Gasteiger partial charge in [-0.05, 0) is 19.1 Å². The van der Waals surface area contributed by atoms with E-state index in [0.29, 0.717) is 0 Å². The van der Waals surface area contributed by atoms with Gasteiger partial charge in [0.25, 0.3) is 0 Å². The number of urea groups is 1. The van der Waals surface area contributed by atoms with Crippen LogP contribution in [-0.2, 0) is 4.79 Å². The summed E-state index contributed by atoms with van der Waals surface area (Å²) in [5.41, 5.74) is 0.276. The minimum atomic E-state index is -1.00. The van der Waals surface area contributed by atoms with Crippen LogP contribution in [0, 0.1) is 5.82 Å². The monoisotopic (exact) mass is 336 g/mol. The Kier molecular flexibility index (Phi) is 6.23. The molecular formula is C13H15Cl2FN2O3. The second-order valence-electron chi connectivity index (χ2n) is 4.49. The lowest BCUT2D eigenvalue weighted by molar-refractivity contribution is -0.137. The van der Waals surface area contributed by atoms with Crippen LogP contribution in [0.2, 0.25) is 10.0 Å². The molecular weight excluding hydrogens is 322 g/mol. The third kappa shape index (κ3) is 4.75. The lowest BCUT2D eigenvalue weighted by atomic mass is 10.1. The van der Waals surface area contributed by atoms with E-state index >= 15 is 0 Å². The summed E-state index contributed by atoms with van der Waals surface area (Å²) in [7, 11) is 1.46. The summed E-state index contributed by atoms with van der Waals surface area (Å²) in [6.45, 7) is 1.66. The second kappa shape index (κ2) is 7.47. The molecule has 1 aromatic rings. The number of aliphatic carboxylic acids is 1. The Balaban J connectivity index is 2.77. The van der Waals surface area contributed by atoms with Crippen LogP contribution in [-0.4, -0.2) is 35.6 Å². The first-order valence-electron chi connectivity index (χ1n) is 6.10. The van der Waals surface area contributed by atoms with Gasteiger partial charge in [0.15, 0.2) is 0 Å². The van der Waals surface area contributed by atoms with Gasteiger partial charge in [0.1, 0.15) is 5.82 Å². The van der Waals surface area contributed by atoms with Crippen molar-refractivity contribution in [1.82, 2.24) is 10.2 Å². The van der Waals surface area contributed by atoms with Crippen molar-refractivity contribution >= 4 is 35.2 Å². The average Bonchev–Trinajstić information content (AvgIpc) is 2.40. The van der Waals surface area contributed by atoms with E-state index in [4.69, 9.17) is 28.3 Å². The summed E-state index contributed by atoms with van der Waals surface area (Å²) < 4.78 is 13.4. The first-order chi connectivity index (χ1) is 9.73. The smallest absolute Gasteiger partial charge is 0.317 e. The number of hydrogen-bond donors (Lipinski definition) is 2. The number of carbonyl (C=O) groups is 2. The molecule has 2 amide bonds. The van der Waals surface area contributed by atoms with Gasteiger partial charge in [-0.1, -0.05) is 23.2 Å². The minimum absolute atomic E-state index is 0.0541. The zero-order chi connectivity index (χ0) is 16.2. The fourth-order valence-electron chi connectivity index (χ4n) is 1.67. The van der Waals surface area contributed by atoms with Gasteiger partial charge < -0.3 is 15.3 Å². The normalized spacial score (nSPS) is 11.9. The summed E-state index contributed by atoms with van der Waals surface area (Å²) >= 11 is 11.8. The quantitative estimate of drug-likeness (QED) is 0.810. The molecule has 0 aliphatic carbocycles. The van der Waals surface area contributed by atoms with Crippen LogP contribution >= 0.6 is 23.2 Å². The molecule has 0 fully saturated rings. The number of rotatable bonds is 5. The second-order valence-corrected chi connectivity index (χ2v) is 5.28. The number of halogens is 3. The summed E-state index contributed by atoms with van der Waals surface area (Å²) in [5, 5.41) is 11.2. The molecule has 21 heavy (non-hydrogen) atoms. The van der Waals surface area contributed by atoms with Crippen molar-refractivity contribution in [2.45, 2.75) is 19.4 Å². The first kappa shape index (κ1) is 17.5. The van der Waals surface area contributed by atoms with Gasteiger partial charge in [-0.15, -0.1) is 0 Å². The van der Waals surface area contributed by atoms with Gasteiger partial charge >= 0.3 is 12.0 Å². The van der Waals surface area contributed by atoms with Crippen molar-refractivity contribution in [3.63, 3.8) is 0 Å². The predicted octanol–water partition coefficient (Wildman–Crippen LogP) is 3.31. The maximum Gasteiger partial charge on any atom is 0.317 e. The largest absolute Gasteiger partial charge is 0.481 e.